The Balaban J connectivity index is 2.33. The van der Waals surface area contributed by atoms with Crippen LogP contribution < -0.4 is 5.56 Å². The minimum Gasteiger partial charge on any atom is -0.493 e. The van der Waals surface area contributed by atoms with Gasteiger partial charge in [-0.05, 0) is 36.8 Å². The van der Waals surface area contributed by atoms with Gasteiger partial charge in [0.05, 0.1) is 12.8 Å². The largest absolute Gasteiger partial charge is 0.572 e. The average molecular weight is 370 g/mol. The second-order valence-corrected chi connectivity index (χ2v) is 5.09. The summed E-state index contributed by atoms with van der Waals surface area (Å²) in [4.78, 5) is 16.2. The first-order valence-corrected chi connectivity index (χ1v) is 7.17. The Morgan fingerprint density at radius 1 is 1.31 bits per heavy atom. The van der Waals surface area contributed by atoms with Crippen molar-refractivity contribution in [2.45, 2.75) is 13.3 Å². The van der Waals surface area contributed by atoms with Crippen molar-refractivity contribution < 1.29 is 27.0 Å². The number of methoxy groups -OCH3 is 1. The van der Waals surface area contributed by atoms with Crippen molar-refractivity contribution in [3.63, 3.8) is 0 Å². The molecule has 0 aromatic carbocycles. The number of hydrogen-bond donors (Lipinski definition) is 0. The van der Waals surface area contributed by atoms with Crippen molar-refractivity contribution in [1.82, 2.24) is 9.38 Å². The van der Waals surface area contributed by atoms with Gasteiger partial charge in [-0.15, -0.1) is 13.2 Å². The monoisotopic (exact) mass is 370 g/mol. The molecule has 0 spiro atoms. The van der Waals surface area contributed by atoms with Crippen LogP contribution in [0.5, 0.6) is 0 Å². The lowest BCUT2D eigenvalue weighted by Gasteiger charge is -2.11. The molecule has 26 heavy (non-hydrogen) atoms. The van der Waals surface area contributed by atoms with Crippen molar-refractivity contribution in [2.75, 3.05) is 7.11 Å². The summed E-state index contributed by atoms with van der Waals surface area (Å²) < 4.78 is 59.6. The lowest BCUT2D eigenvalue weighted by molar-refractivity contribution is -0.306. The van der Waals surface area contributed by atoms with E-state index in [4.69, 9.17) is 4.74 Å². The number of ether oxygens (including phenoxy) is 2. The third kappa shape index (κ3) is 4.71. The Morgan fingerprint density at radius 3 is 2.62 bits per heavy atom. The summed E-state index contributed by atoms with van der Waals surface area (Å²) in [7, 11) is 1.18. The fourth-order valence-electron chi connectivity index (χ4n) is 2.06. The molecule has 2 rings (SSSR count). The zero-order valence-electron chi connectivity index (χ0n) is 13.8. The van der Waals surface area contributed by atoms with E-state index in [1.54, 1.807) is 0 Å². The Hall–Kier alpha value is -3.10. The minimum absolute atomic E-state index is 0.178. The molecule has 2 heterocycles. The number of alkyl halides is 3. The molecule has 0 radical (unpaired) electrons. The van der Waals surface area contributed by atoms with Crippen molar-refractivity contribution in [3.8, 4) is 0 Å². The van der Waals surface area contributed by atoms with E-state index in [1.807, 2.05) is 0 Å². The topological polar surface area (TPSA) is 52.8 Å². The predicted octanol–water partition coefficient (Wildman–Crippen LogP) is 3.82. The Bertz CT molecular complexity index is 959. The van der Waals surface area contributed by atoms with Crippen molar-refractivity contribution >= 4 is 11.2 Å². The molecule has 0 fully saturated rings. The van der Waals surface area contributed by atoms with E-state index in [9.17, 15) is 22.4 Å². The Labute approximate surface area is 145 Å². The van der Waals surface area contributed by atoms with Crippen LogP contribution in [0.4, 0.5) is 17.6 Å². The number of fused-ring (bicyclic) bond motifs is 1. The molecule has 0 aliphatic rings. The molecule has 0 saturated heterocycles. The molecule has 138 valence electrons. The van der Waals surface area contributed by atoms with Gasteiger partial charge in [0.25, 0.3) is 5.56 Å². The van der Waals surface area contributed by atoms with Crippen LogP contribution in [-0.2, 0) is 9.47 Å². The number of halogens is 4. The molecule has 0 aliphatic heterocycles. The average Bonchev–Trinajstić information content (AvgIpc) is 2.54. The molecule has 0 amide bonds. The zero-order chi connectivity index (χ0) is 19.5. The first-order valence-electron chi connectivity index (χ1n) is 7.17. The lowest BCUT2D eigenvalue weighted by Crippen LogP contribution is -2.15. The van der Waals surface area contributed by atoms with Gasteiger partial charge in [0, 0.05) is 12.3 Å². The van der Waals surface area contributed by atoms with E-state index < -0.39 is 23.5 Å². The molecule has 2 aromatic rings. The molecule has 0 N–H and O–H groups in total. The van der Waals surface area contributed by atoms with Gasteiger partial charge in [-0.2, -0.15) is 0 Å². The second kappa shape index (κ2) is 7.42. The van der Waals surface area contributed by atoms with E-state index in [0.29, 0.717) is 0 Å². The highest BCUT2D eigenvalue weighted by molar-refractivity contribution is 5.70. The molecule has 0 unspecified atom stereocenters. The first-order chi connectivity index (χ1) is 12.1. The normalized spacial score (nSPS) is 13.0. The molecule has 0 aliphatic carbocycles. The fraction of sp³-hybridized carbons (Fsp3) is 0.176. The molecule has 0 saturated carbocycles. The summed E-state index contributed by atoms with van der Waals surface area (Å²) in [5.74, 6) is -1.27. The molecule has 9 heteroatoms. The van der Waals surface area contributed by atoms with E-state index >= 15 is 0 Å². The summed E-state index contributed by atoms with van der Waals surface area (Å²) in [5, 5.41) is 0. The Kier molecular flexibility index (Phi) is 5.49. The van der Waals surface area contributed by atoms with Gasteiger partial charge in [-0.25, -0.2) is 9.37 Å². The second-order valence-electron chi connectivity index (χ2n) is 5.09. The number of rotatable bonds is 5. The van der Waals surface area contributed by atoms with E-state index in [1.165, 1.54) is 25.3 Å². The Morgan fingerprint density at radius 2 is 2.00 bits per heavy atom. The smallest absolute Gasteiger partial charge is 0.493 e. The maximum absolute atomic E-state index is 13.2. The predicted molar refractivity (Wildman–Crippen MR) is 86.4 cm³/mol. The summed E-state index contributed by atoms with van der Waals surface area (Å²) >= 11 is 0. The maximum atomic E-state index is 13.2. The van der Waals surface area contributed by atoms with Crippen LogP contribution in [0.25, 0.3) is 11.2 Å². The third-order valence-electron chi connectivity index (χ3n) is 3.22. The molecular formula is C17H14F4N2O3. The van der Waals surface area contributed by atoms with Gasteiger partial charge in [-0.1, -0.05) is 6.58 Å². The number of hydrogen-bond acceptors (Lipinski definition) is 4. The van der Waals surface area contributed by atoms with E-state index in [-0.39, 0.29) is 22.7 Å². The van der Waals surface area contributed by atoms with Crippen LogP contribution >= 0.6 is 0 Å². The summed E-state index contributed by atoms with van der Waals surface area (Å²) in [6.07, 6.45) is -1.32. The summed E-state index contributed by atoms with van der Waals surface area (Å²) in [5.41, 5.74) is 0.0895. The van der Waals surface area contributed by atoms with Gasteiger partial charge in [0.15, 0.2) is 5.76 Å². The number of pyridine rings is 1. The standard InChI is InChI=1S/C17H14F4N2O3/c1-10(4-6-14(25-3)11(2)26-17(19,20)21)13-8-16(24)23-9-12(18)5-7-15(23)22-13/h4-9H,1H2,2-3H3/b6-4-,14-11-. The summed E-state index contributed by atoms with van der Waals surface area (Å²) in [6, 6.07) is 3.60. The van der Waals surface area contributed by atoms with Crippen LogP contribution in [0.2, 0.25) is 0 Å². The van der Waals surface area contributed by atoms with Crippen LogP contribution in [-0.4, -0.2) is 22.9 Å². The molecule has 0 bridgehead atoms. The molecular weight excluding hydrogens is 356 g/mol. The van der Waals surface area contributed by atoms with Gasteiger partial charge in [-0.3, -0.25) is 9.20 Å². The van der Waals surface area contributed by atoms with Crippen LogP contribution in [0.3, 0.4) is 0 Å². The number of allylic oxidation sites excluding steroid dienone is 4. The molecule has 5 nitrogen and oxygen atoms in total. The van der Waals surface area contributed by atoms with Crippen molar-refractivity contribution in [3.05, 3.63) is 76.5 Å². The van der Waals surface area contributed by atoms with Crippen LogP contribution in [0.15, 0.2) is 59.4 Å². The number of nitrogens with zero attached hydrogens (tertiary/aromatic N) is 2. The summed E-state index contributed by atoms with van der Waals surface area (Å²) in [6.45, 7) is 4.81. The third-order valence-corrected chi connectivity index (χ3v) is 3.22. The lowest BCUT2D eigenvalue weighted by atomic mass is 10.2. The molecule has 0 atom stereocenters. The highest BCUT2D eigenvalue weighted by Gasteiger charge is 2.31. The number of aromatic nitrogens is 2. The van der Waals surface area contributed by atoms with E-state index in [0.717, 1.165) is 29.7 Å². The van der Waals surface area contributed by atoms with Crippen LogP contribution in [0.1, 0.15) is 12.6 Å². The van der Waals surface area contributed by atoms with Gasteiger partial charge < -0.3 is 9.47 Å². The van der Waals surface area contributed by atoms with Crippen molar-refractivity contribution in [1.29, 1.82) is 0 Å². The van der Waals surface area contributed by atoms with Gasteiger partial charge in [0.2, 0.25) is 0 Å². The molecule has 2 aromatic heterocycles. The highest BCUT2D eigenvalue weighted by atomic mass is 19.4. The SMILES string of the molecule is C=C(/C=C\C(OC)=C(/C)OC(F)(F)F)c1cc(=O)n2cc(F)ccc2n1. The van der Waals surface area contributed by atoms with Crippen molar-refractivity contribution in [2.24, 2.45) is 0 Å². The first kappa shape index (κ1) is 19.2. The van der Waals surface area contributed by atoms with Gasteiger partial charge >= 0.3 is 6.36 Å². The fourth-order valence-corrected chi connectivity index (χ4v) is 2.06. The quantitative estimate of drug-likeness (QED) is 0.456. The van der Waals surface area contributed by atoms with Gasteiger partial charge in [0.1, 0.15) is 17.2 Å². The zero-order valence-corrected chi connectivity index (χ0v) is 13.8. The maximum Gasteiger partial charge on any atom is 0.572 e. The highest BCUT2D eigenvalue weighted by Crippen LogP contribution is 2.23. The minimum atomic E-state index is -4.84. The van der Waals surface area contributed by atoms with E-state index in [2.05, 4.69) is 16.3 Å². The van der Waals surface area contributed by atoms with Crippen LogP contribution in [0, 0.1) is 5.82 Å².